The predicted molar refractivity (Wildman–Crippen MR) is 127 cm³/mol. The molecule has 168 valence electrons. The third-order valence-electron chi connectivity index (χ3n) is 7.39. The smallest absolute Gasteiger partial charge is 0.210 e. The summed E-state index contributed by atoms with van der Waals surface area (Å²) in [5.41, 5.74) is 2.46. The Balaban J connectivity index is 3.14. The number of methoxy groups -OCH3 is 1. The van der Waals surface area contributed by atoms with Crippen LogP contribution in [-0.4, -0.2) is 36.6 Å². The Kier molecular flexibility index (Phi) is 8.67. The van der Waals surface area contributed by atoms with Crippen molar-refractivity contribution in [1.82, 2.24) is 0 Å². The van der Waals surface area contributed by atoms with Crippen LogP contribution in [0.25, 0.3) is 0 Å². The van der Waals surface area contributed by atoms with E-state index in [1.807, 2.05) is 0 Å². The Bertz CT molecular complexity index is 453. The van der Waals surface area contributed by atoms with E-state index in [1.54, 1.807) is 7.11 Å². The van der Waals surface area contributed by atoms with Gasteiger partial charge in [0.05, 0.1) is 0 Å². The van der Waals surface area contributed by atoms with Gasteiger partial charge in [-0.25, -0.2) is 0 Å². The van der Waals surface area contributed by atoms with Gasteiger partial charge in [-0.1, -0.05) is 83.1 Å². The Morgan fingerprint density at radius 1 is 0.893 bits per heavy atom. The maximum atomic E-state index is 6.93. The van der Waals surface area contributed by atoms with E-state index in [4.69, 9.17) is 13.6 Å². The molecule has 1 rings (SSSR count). The number of rotatable bonds is 8. The Morgan fingerprint density at radius 3 is 1.64 bits per heavy atom. The molecule has 0 aliphatic carbocycles. The van der Waals surface area contributed by atoms with Crippen LogP contribution in [0.2, 0.25) is 32.2 Å². The molecule has 3 nitrogen and oxygen atoms in total. The molecule has 1 heterocycles. The molecule has 0 aromatic carbocycles. The van der Waals surface area contributed by atoms with Gasteiger partial charge in [-0.15, -0.1) is 0 Å². The highest BCUT2D eigenvalue weighted by Crippen LogP contribution is 2.63. The molecule has 0 aromatic rings. The van der Waals surface area contributed by atoms with Gasteiger partial charge in [0, 0.05) is 20.1 Å². The summed E-state index contributed by atoms with van der Waals surface area (Å²) in [7, 11) is -2.14. The zero-order chi connectivity index (χ0) is 22.1. The minimum Gasteiger partial charge on any atom is -0.416 e. The third-order valence-corrected chi connectivity index (χ3v) is 20.3. The van der Waals surface area contributed by atoms with Crippen molar-refractivity contribution < 1.29 is 13.6 Å². The van der Waals surface area contributed by atoms with Crippen LogP contribution >= 0.6 is 0 Å². The highest BCUT2D eigenvalue weighted by Gasteiger charge is 2.64. The predicted octanol–water partition coefficient (Wildman–Crippen LogP) is 7.88. The van der Waals surface area contributed by atoms with E-state index in [0.717, 1.165) is 19.4 Å². The quantitative estimate of drug-likeness (QED) is 0.366. The number of hydrogen-bond donors (Lipinski definition) is 0. The highest BCUT2D eigenvalue weighted by molar-refractivity contribution is 6.81. The molecule has 0 amide bonds. The van der Waals surface area contributed by atoms with Gasteiger partial charge in [-0.05, 0) is 38.7 Å². The maximum absolute atomic E-state index is 6.93. The molecule has 0 bridgehead atoms. The van der Waals surface area contributed by atoms with E-state index in [9.17, 15) is 0 Å². The van der Waals surface area contributed by atoms with Crippen molar-refractivity contribution >= 4 is 16.6 Å². The third kappa shape index (κ3) is 4.64. The average molecular weight is 431 g/mol. The fraction of sp³-hybridized carbons (Fsp3) is 1.00. The first-order valence-electron chi connectivity index (χ1n) is 11.4. The Morgan fingerprint density at radius 2 is 1.32 bits per heavy atom. The van der Waals surface area contributed by atoms with Gasteiger partial charge in [0.25, 0.3) is 0 Å². The normalized spacial score (nSPS) is 24.0. The summed E-state index contributed by atoms with van der Waals surface area (Å²) in [4.78, 5) is 0. The van der Waals surface area contributed by atoms with Gasteiger partial charge in [0.1, 0.15) is 6.29 Å². The molecule has 0 spiro atoms. The van der Waals surface area contributed by atoms with Crippen molar-refractivity contribution in [2.24, 2.45) is 0 Å². The zero-order valence-electron chi connectivity index (χ0n) is 21.2. The lowest BCUT2D eigenvalue weighted by atomic mass is 10.2. The summed E-state index contributed by atoms with van der Waals surface area (Å²) in [6, 6.07) is 0. The molecule has 1 aliphatic heterocycles. The second-order valence-corrected chi connectivity index (χ2v) is 22.9. The van der Waals surface area contributed by atoms with E-state index in [2.05, 4.69) is 83.1 Å². The first-order valence-corrected chi connectivity index (χ1v) is 15.5. The first kappa shape index (κ1) is 26.3. The second kappa shape index (κ2) is 9.21. The molecule has 5 heteroatoms. The zero-order valence-corrected chi connectivity index (χ0v) is 23.2. The number of ether oxygens (including phenoxy) is 1. The van der Waals surface area contributed by atoms with Crippen molar-refractivity contribution in [3.63, 3.8) is 0 Å². The minimum atomic E-state index is -2.12. The standard InChI is InChI=1S/C23H50O3Si2/c1-17(2)27(18(3)4,19(5)6)25-15-14-20-16-21(24-13)26-28(20,22(7,8)9)23(10,11)12/h17-21H,14-16H2,1-13H3. The van der Waals surface area contributed by atoms with E-state index >= 15 is 0 Å². The van der Waals surface area contributed by atoms with E-state index in [-0.39, 0.29) is 16.4 Å². The van der Waals surface area contributed by atoms with Gasteiger partial charge in [-0.2, -0.15) is 0 Å². The molecule has 1 fully saturated rings. The second-order valence-electron chi connectivity index (χ2n) is 11.9. The van der Waals surface area contributed by atoms with E-state index in [1.165, 1.54) is 0 Å². The van der Waals surface area contributed by atoms with Crippen LogP contribution in [0, 0.1) is 0 Å². The Labute approximate surface area is 178 Å². The van der Waals surface area contributed by atoms with Crippen LogP contribution in [0.4, 0.5) is 0 Å². The van der Waals surface area contributed by atoms with E-state index in [0.29, 0.717) is 22.2 Å². The summed E-state index contributed by atoms with van der Waals surface area (Å²) in [5.74, 6) is 0. The summed E-state index contributed by atoms with van der Waals surface area (Å²) >= 11 is 0. The molecule has 0 saturated carbocycles. The van der Waals surface area contributed by atoms with Crippen LogP contribution in [-0.2, 0) is 13.6 Å². The summed E-state index contributed by atoms with van der Waals surface area (Å²) in [6.07, 6.45) is 2.05. The van der Waals surface area contributed by atoms with Crippen LogP contribution in [0.1, 0.15) is 95.9 Å². The molecular formula is C23H50O3Si2. The molecule has 0 radical (unpaired) electrons. The molecular weight excluding hydrogens is 380 g/mol. The summed E-state index contributed by atoms with van der Waals surface area (Å²) in [6.45, 7) is 29.4. The maximum Gasteiger partial charge on any atom is 0.210 e. The van der Waals surface area contributed by atoms with Crippen molar-refractivity contribution in [3.05, 3.63) is 0 Å². The molecule has 2 unspecified atom stereocenters. The summed E-state index contributed by atoms with van der Waals surface area (Å²) in [5, 5.41) is 0.317. The largest absolute Gasteiger partial charge is 0.416 e. The lowest BCUT2D eigenvalue weighted by Crippen LogP contribution is -2.55. The fourth-order valence-corrected chi connectivity index (χ4v) is 19.5. The van der Waals surface area contributed by atoms with Crippen molar-refractivity contribution in [2.75, 3.05) is 13.7 Å². The minimum absolute atomic E-state index is 0.0579. The van der Waals surface area contributed by atoms with Gasteiger partial charge >= 0.3 is 0 Å². The lowest BCUT2D eigenvalue weighted by molar-refractivity contribution is -0.0499. The van der Waals surface area contributed by atoms with Crippen LogP contribution in [0.5, 0.6) is 0 Å². The summed E-state index contributed by atoms with van der Waals surface area (Å²) < 4.78 is 19.5. The SMILES string of the molecule is COC1CC(CCO[Si](C(C)C)(C(C)C)C(C)C)[Si](C(C)(C)C)(C(C)(C)C)O1. The number of hydrogen-bond acceptors (Lipinski definition) is 3. The van der Waals surface area contributed by atoms with Gasteiger partial charge < -0.3 is 13.6 Å². The monoisotopic (exact) mass is 430 g/mol. The molecule has 1 saturated heterocycles. The van der Waals surface area contributed by atoms with Crippen LogP contribution in [0.15, 0.2) is 0 Å². The van der Waals surface area contributed by atoms with Crippen molar-refractivity contribution in [1.29, 1.82) is 0 Å². The fourth-order valence-electron chi connectivity index (χ4n) is 6.80. The first-order chi connectivity index (χ1) is 12.6. The Hall–Kier alpha value is 0.314. The van der Waals surface area contributed by atoms with Gasteiger partial charge in [-0.3, -0.25) is 0 Å². The van der Waals surface area contributed by atoms with E-state index < -0.39 is 16.6 Å². The molecule has 0 aromatic heterocycles. The molecule has 2 atom stereocenters. The van der Waals surface area contributed by atoms with Gasteiger partial charge in [0.2, 0.25) is 8.32 Å². The highest BCUT2D eigenvalue weighted by atomic mass is 28.4. The molecule has 0 N–H and O–H groups in total. The van der Waals surface area contributed by atoms with Crippen LogP contribution < -0.4 is 0 Å². The lowest BCUT2D eigenvalue weighted by Gasteiger charge is -2.51. The van der Waals surface area contributed by atoms with Crippen molar-refractivity contribution in [2.45, 2.75) is 134 Å². The topological polar surface area (TPSA) is 27.7 Å². The van der Waals surface area contributed by atoms with Gasteiger partial charge in [0.15, 0.2) is 8.32 Å². The molecule has 1 aliphatic rings. The van der Waals surface area contributed by atoms with Crippen molar-refractivity contribution in [3.8, 4) is 0 Å². The average Bonchev–Trinajstić information content (AvgIpc) is 2.90. The van der Waals surface area contributed by atoms with Crippen LogP contribution in [0.3, 0.4) is 0 Å². The molecule has 28 heavy (non-hydrogen) atoms.